The van der Waals surface area contributed by atoms with E-state index in [0.29, 0.717) is 13.1 Å². The number of nitrogens with zero attached hydrogens (tertiary/aromatic N) is 1. The van der Waals surface area contributed by atoms with Crippen molar-refractivity contribution in [3.05, 3.63) is 0 Å². The number of amides is 1. The summed E-state index contributed by atoms with van der Waals surface area (Å²) in [6.07, 6.45) is 0.736. The van der Waals surface area contributed by atoms with E-state index >= 15 is 0 Å². The van der Waals surface area contributed by atoms with Gasteiger partial charge in [-0.05, 0) is 39.0 Å². The van der Waals surface area contributed by atoms with Gasteiger partial charge in [0.05, 0.1) is 13.0 Å². The normalized spacial score (nSPS) is 30.4. The zero-order chi connectivity index (χ0) is 13.5. The highest BCUT2D eigenvalue weighted by atomic mass is 16.6. The zero-order valence-corrected chi connectivity index (χ0v) is 11.4. The molecule has 0 spiro atoms. The molecule has 2 atom stereocenters. The van der Waals surface area contributed by atoms with Crippen LogP contribution in [0.3, 0.4) is 0 Å². The number of carbonyl (C=O) groups excluding carboxylic acids is 2. The van der Waals surface area contributed by atoms with Crippen LogP contribution in [-0.4, -0.2) is 42.8 Å². The number of hydrogen-bond acceptors (Lipinski definition) is 4. The summed E-state index contributed by atoms with van der Waals surface area (Å²) in [5, 5.41) is 0. The molecule has 0 N–H and O–H groups in total. The molecule has 0 aromatic heterocycles. The fraction of sp³-hybridized carbons (Fsp3) is 0.846. The summed E-state index contributed by atoms with van der Waals surface area (Å²) in [4.78, 5) is 25.2. The Kier molecular flexibility index (Phi) is 3.25. The van der Waals surface area contributed by atoms with Gasteiger partial charge in [0.15, 0.2) is 0 Å². The average molecular weight is 255 g/mol. The smallest absolute Gasteiger partial charge is 0.410 e. The molecular weight excluding hydrogens is 234 g/mol. The van der Waals surface area contributed by atoms with Gasteiger partial charge in [0.25, 0.3) is 0 Å². The van der Waals surface area contributed by atoms with Crippen molar-refractivity contribution >= 4 is 12.1 Å². The van der Waals surface area contributed by atoms with E-state index in [1.165, 1.54) is 7.11 Å². The highest BCUT2D eigenvalue weighted by molar-refractivity contribution is 5.75. The van der Waals surface area contributed by atoms with Crippen LogP contribution in [0.1, 0.15) is 27.2 Å². The van der Waals surface area contributed by atoms with Crippen molar-refractivity contribution in [1.82, 2.24) is 4.90 Å². The summed E-state index contributed by atoms with van der Waals surface area (Å²) >= 11 is 0. The predicted octanol–water partition coefficient (Wildman–Crippen LogP) is 1.66. The molecule has 3 aliphatic rings. The largest absolute Gasteiger partial charge is 0.469 e. The highest BCUT2D eigenvalue weighted by Crippen LogP contribution is 2.46. The van der Waals surface area contributed by atoms with Crippen molar-refractivity contribution in [3.8, 4) is 0 Å². The number of rotatable bonds is 1. The standard InChI is InChI=1S/C13H21NO4/c1-13(2,3)18-12(16)14-6-8-5-9(7-14)10(8)11(15)17-4/h8-10H,5-7H2,1-4H3/t8-,9-/m0/s1. The molecule has 1 saturated carbocycles. The Labute approximate surface area is 107 Å². The van der Waals surface area contributed by atoms with Crippen LogP contribution in [0.2, 0.25) is 0 Å². The third-order valence-corrected chi connectivity index (χ3v) is 3.66. The van der Waals surface area contributed by atoms with Gasteiger partial charge in [0, 0.05) is 13.1 Å². The van der Waals surface area contributed by atoms with E-state index in [1.54, 1.807) is 4.90 Å². The Morgan fingerprint density at radius 1 is 1.17 bits per heavy atom. The first-order valence-corrected chi connectivity index (χ1v) is 6.37. The molecule has 0 aromatic carbocycles. The van der Waals surface area contributed by atoms with E-state index in [2.05, 4.69) is 0 Å². The maximum absolute atomic E-state index is 11.9. The summed E-state index contributed by atoms with van der Waals surface area (Å²) < 4.78 is 10.1. The van der Waals surface area contributed by atoms with E-state index in [1.807, 2.05) is 20.8 Å². The molecule has 0 unspecified atom stereocenters. The van der Waals surface area contributed by atoms with Gasteiger partial charge in [0.2, 0.25) is 0 Å². The quantitative estimate of drug-likeness (QED) is 0.669. The molecule has 2 bridgehead atoms. The number of piperidine rings is 2. The molecule has 1 amide bonds. The van der Waals surface area contributed by atoms with Gasteiger partial charge in [0.1, 0.15) is 5.60 Å². The zero-order valence-electron chi connectivity index (χ0n) is 11.4. The SMILES string of the molecule is COC(=O)C1[C@H]2C[C@H]1CN(C(=O)OC(C)(C)C)C2. The second-order valence-electron chi connectivity index (χ2n) is 6.19. The highest BCUT2D eigenvalue weighted by Gasteiger charge is 2.52. The first-order chi connectivity index (χ1) is 8.31. The topological polar surface area (TPSA) is 55.8 Å². The summed E-state index contributed by atoms with van der Waals surface area (Å²) in [5.41, 5.74) is -0.472. The summed E-state index contributed by atoms with van der Waals surface area (Å²) in [7, 11) is 1.42. The molecule has 18 heavy (non-hydrogen) atoms. The Hall–Kier alpha value is -1.26. The molecule has 102 valence electrons. The molecule has 0 radical (unpaired) electrons. The minimum absolute atomic E-state index is 0.0197. The average Bonchev–Trinajstić information content (AvgIpc) is 2.26. The number of carbonyl (C=O) groups is 2. The molecule has 5 nitrogen and oxygen atoms in total. The van der Waals surface area contributed by atoms with Crippen molar-refractivity contribution < 1.29 is 19.1 Å². The molecule has 0 aromatic rings. The number of hydrogen-bond donors (Lipinski definition) is 0. The van der Waals surface area contributed by atoms with Gasteiger partial charge in [-0.15, -0.1) is 0 Å². The fourth-order valence-electron chi connectivity index (χ4n) is 2.88. The lowest BCUT2D eigenvalue weighted by atomic mass is 9.61. The summed E-state index contributed by atoms with van der Waals surface area (Å²) in [6.45, 7) is 6.77. The van der Waals surface area contributed by atoms with Crippen molar-refractivity contribution in [2.24, 2.45) is 17.8 Å². The number of methoxy groups -OCH3 is 1. The van der Waals surface area contributed by atoms with Crippen LogP contribution in [0.4, 0.5) is 4.79 Å². The van der Waals surface area contributed by atoms with Crippen LogP contribution < -0.4 is 0 Å². The second kappa shape index (κ2) is 4.44. The first-order valence-electron chi connectivity index (χ1n) is 6.37. The lowest BCUT2D eigenvalue weighted by molar-refractivity contribution is -0.162. The van der Waals surface area contributed by atoms with Crippen LogP contribution in [-0.2, 0) is 14.3 Å². The van der Waals surface area contributed by atoms with Gasteiger partial charge in [-0.2, -0.15) is 0 Å². The summed E-state index contributed by atoms with van der Waals surface area (Å²) in [5.74, 6) is 0.321. The van der Waals surface area contributed by atoms with Crippen molar-refractivity contribution in [2.45, 2.75) is 32.8 Å². The molecule has 2 aliphatic heterocycles. The second-order valence-corrected chi connectivity index (χ2v) is 6.19. The van der Waals surface area contributed by atoms with E-state index < -0.39 is 5.60 Å². The molecule has 2 heterocycles. The lowest BCUT2D eigenvalue weighted by Crippen LogP contribution is -2.59. The molecule has 2 saturated heterocycles. The summed E-state index contributed by atoms with van der Waals surface area (Å²) in [6, 6.07) is 0. The van der Waals surface area contributed by atoms with Crippen LogP contribution in [0.15, 0.2) is 0 Å². The minimum atomic E-state index is -0.472. The Bertz CT molecular complexity index is 348. The number of ether oxygens (including phenoxy) is 2. The van der Waals surface area contributed by atoms with E-state index in [0.717, 1.165) is 6.42 Å². The minimum Gasteiger partial charge on any atom is -0.469 e. The molecule has 3 fully saturated rings. The number of fused-ring (bicyclic) bond motifs is 2. The van der Waals surface area contributed by atoms with E-state index in [4.69, 9.17) is 9.47 Å². The predicted molar refractivity (Wildman–Crippen MR) is 64.9 cm³/mol. The maximum Gasteiger partial charge on any atom is 0.410 e. The van der Waals surface area contributed by atoms with Crippen molar-refractivity contribution in [1.29, 1.82) is 0 Å². The monoisotopic (exact) mass is 255 g/mol. The van der Waals surface area contributed by atoms with Crippen LogP contribution in [0, 0.1) is 17.8 Å². The van der Waals surface area contributed by atoms with E-state index in [9.17, 15) is 9.59 Å². The van der Waals surface area contributed by atoms with Crippen LogP contribution >= 0.6 is 0 Å². The van der Waals surface area contributed by atoms with Gasteiger partial charge < -0.3 is 14.4 Å². The molecule has 5 heteroatoms. The molecule has 3 rings (SSSR count). The van der Waals surface area contributed by atoms with Gasteiger partial charge in [-0.3, -0.25) is 4.79 Å². The van der Waals surface area contributed by atoms with Crippen LogP contribution in [0.25, 0.3) is 0 Å². The van der Waals surface area contributed by atoms with Crippen molar-refractivity contribution in [3.63, 3.8) is 0 Å². The van der Waals surface area contributed by atoms with Gasteiger partial charge >= 0.3 is 12.1 Å². The van der Waals surface area contributed by atoms with Gasteiger partial charge in [-0.25, -0.2) is 4.79 Å². The van der Waals surface area contributed by atoms with Gasteiger partial charge in [-0.1, -0.05) is 0 Å². The number of esters is 1. The Morgan fingerprint density at radius 2 is 1.72 bits per heavy atom. The van der Waals surface area contributed by atoms with Crippen molar-refractivity contribution in [2.75, 3.05) is 20.2 Å². The maximum atomic E-state index is 11.9. The third kappa shape index (κ3) is 2.44. The Morgan fingerprint density at radius 3 is 2.17 bits per heavy atom. The molecule has 1 aliphatic carbocycles. The lowest BCUT2D eigenvalue weighted by Gasteiger charge is -2.51. The van der Waals surface area contributed by atoms with Crippen LogP contribution in [0.5, 0.6) is 0 Å². The third-order valence-electron chi connectivity index (χ3n) is 3.66. The Balaban J connectivity index is 1.91. The fourth-order valence-corrected chi connectivity index (χ4v) is 2.88. The molecular formula is C13H21NO4. The van der Waals surface area contributed by atoms with E-state index in [-0.39, 0.29) is 29.8 Å². The first kappa shape index (κ1) is 13.2.